The second kappa shape index (κ2) is 39.5. The lowest BCUT2D eigenvalue weighted by Crippen LogP contribution is -2.50. The van der Waals surface area contributed by atoms with E-state index in [0.29, 0.717) is 25.7 Å². The highest BCUT2D eigenvalue weighted by Crippen LogP contribution is 2.46. The van der Waals surface area contributed by atoms with Gasteiger partial charge in [-0.1, -0.05) is 19.8 Å². The van der Waals surface area contributed by atoms with Crippen LogP contribution in [0.5, 0.6) is 0 Å². The van der Waals surface area contributed by atoms with Gasteiger partial charge in [0.1, 0.15) is 12.1 Å². The number of amides is 6. The van der Waals surface area contributed by atoms with Crippen LogP contribution in [0.2, 0.25) is 0 Å². The lowest BCUT2D eigenvalue weighted by atomic mass is 10.1. The van der Waals surface area contributed by atoms with Crippen LogP contribution in [-0.2, 0) is 71.1 Å². The van der Waals surface area contributed by atoms with E-state index in [1.165, 1.54) is 7.11 Å². The summed E-state index contributed by atoms with van der Waals surface area (Å²) in [5.74, 6) is 12.0. The first-order valence-corrected chi connectivity index (χ1v) is 22.3. The molecule has 3 unspecified atom stereocenters. The van der Waals surface area contributed by atoms with Gasteiger partial charge in [-0.05, 0) is 32.1 Å². The number of carbonyl (C=O) groups excluding carboxylic acids is 6. The van der Waals surface area contributed by atoms with Gasteiger partial charge in [-0.2, -0.15) is 0 Å². The van der Waals surface area contributed by atoms with Crippen molar-refractivity contribution in [2.75, 3.05) is 106 Å². The summed E-state index contributed by atoms with van der Waals surface area (Å²) in [6, 6.07) is -2.26. The Balaban J connectivity index is 5.16. The SMILES string of the molecule is CCP(=O)(OC)OCCCCCCNC(=O)CCCC(=O)NC(CCC(=O)NC(CCC(=O)NCCOCCON)C(=O)NCCOCCON)C(=O)NCCOCCON. The molecule has 356 valence electrons. The summed E-state index contributed by atoms with van der Waals surface area (Å²) in [6.45, 7) is 4.54. The molecule has 0 rings (SSSR count). The Morgan fingerprint density at radius 3 is 1.41 bits per heavy atom. The van der Waals surface area contributed by atoms with Crippen molar-refractivity contribution in [1.29, 1.82) is 0 Å². The summed E-state index contributed by atoms with van der Waals surface area (Å²) in [4.78, 5) is 90.4. The number of carbonyl (C=O) groups is 6. The van der Waals surface area contributed by atoms with Crippen LogP contribution in [-0.4, -0.2) is 153 Å². The minimum absolute atomic E-state index is 0.0502. The molecule has 0 aliphatic heterocycles. The topological polar surface area (TPSA) is 344 Å². The van der Waals surface area contributed by atoms with Gasteiger partial charge in [-0.3, -0.25) is 33.3 Å². The molecule has 25 heteroatoms. The van der Waals surface area contributed by atoms with Gasteiger partial charge in [0.25, 0.3) is 0 Å². The van der Waals surface area contributed by atoms with Crippen LogP contribution in [0.1, 0.15) is 77.6 Å². The van der Waals surface area contributed by atoms with E-state index in [9.17, 15) is 33.3 Å². The van der Waals surface area contributed by atoms with E-state index >= 15 is 0 Å². The highest BCUT2D eigenvalue weighted by atomic mass is 31.2. The molecular formula is C36H72N9O15P. The van der Waals surface area contributed by atoms with Crippen LogP contribution in [0.15, 0.2) is 0 Å². The van der Waals surface area contributed by atoms with Crippen LogP contribution < -0.4 is 49.6 Å². The lowest BCUT2D eigenvalue weighted by molar-refractivity contribution is -0.131. The lowest BCUT2D eigenvalue weighted by Gasteiger charge is -2.21. The van der Waals surface area contributed by atoms with Crippen LogP contribution in [0.4, 0.5) is 0 Å². The molecular weight excluding hydrogens is 829 g/mol. The molecule has 0 aromatic carbocycles. The van der Waals surface area contributed by atoms with Crippen LogP contribution >= 0.6 is 7.60 Å². The molecule has 12 N–H and O–H groups in total. The second-order valence-electron chi connectivity index (χ2n) is 13.3. The Morgan fingerprint density at radius 2 is 0.918 bits per heavy atom. The molecule has 0 aromatic rings. The Kier molecular flexibility index (Phi) is 37.3. The molecule has 0 saturated heterocycles. The number of nitrogens with two attached hydrogens (primary N) is 3. The molecule has 0 aliphatic rings. The Hall–Kier alpha value is -3.39. The molecule has 0 radical (unpaired) electrons. The fourth-order valence-electron chi connectivity index (χ4n) is 5.12. The third kappa shape index (κ3) is 33.9. The van der Waals surface area contributed by atoms with Crippen LogP contribution in [0.25, 0.3) is 0 Å². The zero-order valence-corrected chi connectivity index (χ0v) is 36.7. The fraction of sp³-hybridized carbons (Fsp3) is 0.833. The van der Waals surface area contributed by atoms with Crippen LogP contribution in [0.3, 0.4) is 0 Å². The molecule has 0 aliphatic carbocycles. The van der Waals surface area contributed by atoms with E-state index in [4.69, 9.17) is 40.9 Å². The van der Waals surface area contributed by atoms with Crippen molar-refractivity contribution in [3.8, 4) is 0 Å². The third-order valence-corrected chi connectivity index (χ3v) is 10.4. The van der Waals surface area contributed by atoms with E-state index in [-0.39, 0.29) is 136 Å². The van der Waals surface area contributed by atoms with Crippen molar-refractivity contribution in [3.05, 3.63) is 0 Å². The van der Waals surface area contributed by atoms with E-state index < -0.39 is 43.3 Å². The second-order valence-corrected chi connectivity index (χ2v) is 15.7. The van der Waals surface area contributed by atoms with Gasteiger partial charge in [-0.15, -0.1) is 0 Å². The molecule has 6 amide bonds. The first-order chi connectivity index (χ1) is 29.4. The Labute approximate surface area is 358 Å². The smallest absolute Gasteiger partial charge is 0.330 e. The summed E-state index contributed by atoms with van der Waals surface area (Å²) >= 11 is 0. The van der Waals surface area contributed by atoms with Gasteiger partial charge in [0.2, 0.25) is 35.4 Å². The van der Waals surface area contributed by atoms with E-state index in [0.717, 1.165) is 19.3 Å². The van der Waals surface area contributed by atoms with Gasteiger partial charge >= 0.3 is 7.60 Å². The molecule has 3 atom stereocenters. The van der Waals surface area contributed by atoms with E-state index in [1.54, 1.807) is 6.92 Å². The summed E-state index contributed by atoms with van der Waals surface area (Å²) in [5.41, 5.74) is 0. The van der Waals surface area contributed by atoms with Crippen molar-refractivity contribution >= 4 is 43.0 Å². The van der Waals surface area contributed by atoms with Gasteiger partial charge in [0.05, 0.1) is 66.1 Å². The number of hydrogen-bond acceptors (Lipinski definition) is 18. The molecule has 0 bridgehead atoms. The number of nitrogens with one attached hydrogen (secondary N) is 6. The molecule has 0 saturated carbocycles. The maximum absolute atomic E-state index is 13.2. The summed E-state index contributed by atoms with van der Waals surface area (Å²) in [7, 11) is -1.63. The number of hydrogen-bond donors (Lipinski definition) is 9. The highest BCUT2D eigenvalue weighted by molar-refractivity contribution is 7.53. The minimum Gasteiger partial charge on any atom is -0.377 e. The van der Waals surface area contributed by atoms with Crippen molar-refractivity contribution in [1.82, 2.24) is 31.9 Å². The fourth-order valence-corrected chi connectivity index (χ4v) is 6.08. The molecule has 0 heterocycles. The predicted octanol–water partition coefficient (Wildman–Crippen LogP) is -1.69. The number of rotatable bonds is 42. The minimum atomic E-state index is -3.00. The molecule has 61 heavy (non-hydrogen) atoms. The predicted molar refractivity (Wildman–Crippen MR) is 221 cm³/mol. The van der Waals surface area contributed by atoms with E-state index in [1.807, 2.05) is 0 Å². The first kappa shape index (κ1) is 57.6. The molecule has 0 fully saturated rings. The molecule has 0 spiro atoms. The monoisotopic (exact) mass is 901 g/mol. The van der Waals surface area contributed by atoms with Crippen molar-refractivity contribution in [2.45, 2.75) is 89.6 Å². The number of ether oxygens (including phenoxy) is 3. The quantitative estimate of drug-likeness (QED) is 0.0187. The van der Waals surface area contributed by atoms with Crippen molar-refractivity contribution < 1.29 is 71.1 Å². The third-order valence-electron chi connectivity index (χ3n) is 8.47. The van der Waals surface area contributed by atoms with Gasteiger partial charge in [0.15, 0.2) is 0 Å². The Morgan fingerprint density at radius 1 is 0.492 bits per heavy atom. The maximum Gasteiger partial charge on any atom is 0.330 e. The van der Waals surface area contributed by atoms with Crippen molar-refractivity contribution in [3.63, 3.8) is 0 Å². The first-order valence-electron chi connectivity index (χ1n) is 20.6. The number of unbranched alkanes of at least 4 members (excludes halogenated alkanes) is 3. The standard InChI is InChI=1S/C36H72N9O15P/c1-3-61(52,53-2)60-19-7-5-4-6-15-40-31(46)9-8-10-33(48)44-30(36(51)43-18-22-56-25-28-59-39)12-14-34(49)45-29(35(50)42-17-21-55-24-27-58-38)11-13-32(47)41-16-20-54-23-26-57-37/h29-30H,3-28,37-39H2,1-2H3,(H,40,46)(H,41,47)(H,42,50)(H,43,51)(H,44,48)(H,45,49). The van der Waals surface area contributed by atoms with Crippen LogP contribution in [0, 0.1) is 0 Å². The average Bonchev–Trinajstić information content (AvgIpc) is 3.25. The van der Waals surface area contributed by atoms with Gasteiger partial charge in [0, 0.05) is 65.1 Å². The molecule has 0 aromatic heterocycles. The largest absolute Gasteiger partial charge is 0.377 e. The van der Waals surface area contributed by atoms with Crippen molar-refractivity contribution in [2.24, 2.45) is 17.7 Å². The van der Waals surface area contributed by atoms with E-state index in [2.05, 4.69) is 46.4 Å². The summed E-state index contributed by atoms with van der Waals surface area (Å²) in [6.07, 6.45) is 3.10. The molecule has 24 nitrogen and oxygen atoms in total. The van der Waals surface area contributed by atoms with Gasteiger partial charge < -0.3 is 69.7 Å². The maximum atomic E-state index is 13.2. The zero-order valence-electron chi connectivity index (χ0n) is 35.8. The normalized spacial score (nSPS) is 13.1. The highest BCUT2D eigenvalue weighted by Gasteiger charge is 2.25. The average molecular weight is 902 g/mol. The van der Waals surface area contributed by atoms with Gasteiger partial charge in [-0.25, -0.2) is 17.7 Å². The summed E-state index contributed by atoms with van der Waals surface area (Å²) < 4.78 is 38.2. The zero-order chi connectivity index (χ0) is 45.4. The Bertz CT molecular complexity index is 1250. The summed E-state index contributed by atoms with van der Waals surface area (Å²) in [5, 5.41) is 16.1.